The minimum absolute atomic E-state index is 0.0915. The molecule has 2 rings (SSSR count). The molecule has 1 aromatic heterocycles. The number of rotatable bonds is 3. The summed E-state index contributed by atoms with van der Waals surface area (Å²) in [5.74, 6) is -0.675. The molecule has 1 amide bonds. The minimum atomic E-state index is -4.43. The Labute approximate surface area is 114 Å². The monoisotopic (exact) mass is 310 g/mol. The van der Waals surface area contributed by atoms with Crippen LogP contribution in [0.4, 0.5) is 23.3 Å². The highest BCUT2D eigenvalue weighted by Gasteiger charge is 2.36. The topological polar surface area (TPSA) is 79.6 Å². The molecule has 110 valence electrons. The van der Waals surface area contributed by atoms with Gasteiger partial charge in [0, 0.05) is 13.1 Å². The molecular formula is C9H9F3N4O3S. The number of piperazine rings is 1. The van der Waals surface area contributed by atoms with Crippen molar-refractivity contribution in [3.8, 4) is 0 Å². The van der Waals surface area contributed by atoms with E-state index in [0.29, 0.717) is 0 Å². The van der Waals surface area contributed by atoms with Crippen LogP contribution in [0.25, 0.3) is 0 Å². The second-order valence-electron chi connectivity index (χ2n) is 4.09. The van der Waals surface area contributed by atoms with Crippen molar-refractivity contribution in [2.45, 2.75) is 6.18 Å². The highest BCUT2D eigenvalue weighted by Crippen LogP contribution is 2.29. The van der Waals surface area contributed by atoms with Crippen molar-refractivity contribution in [2.75, 3.05) is 31.1 Å². The summed E-state index contributed by atoms with van der Waals surface area (Å²) in [7, 11) is 0. The van der Waals surface area contributed by atoms with Gasteiger partial charge in [-0.1, -0.05) is 0 Å². The lowest BCUT2D eigenvalue weighted by atomic mass is 10.3. The minimum Gasteiger partial charge on any atom is -0.337 e. The number of anilines is 1. The molecule has 0 aliphatic carbocycles. The van der Waals surface area contributed by atoms with Crippen LogP contribution in [-0.4, -0.2) is 53.1 Å². The molecule has 2 heterocycles. The molecule has 0 bridgehead atoms. The predicted octanol–water partition coefficient (Wildman–Crippen LogP) is 1.26. The van der Waals surface area contributed by atoms with E-state index in [1.54, 1.807) is 0 Å². The van der Waals surface area contributed by atoms with Crippen molar-refractivity contribution in [3.63, 3.8) is 0 Å². The third kappa shape index (κ3) is 3.35. The Balaban J connectivity index is 2.01. The summed E-state index contributed by atoms with van der Waals surface area (Å²) in [6, 6.07) is 0. The van der Waals surface area contributed by atoms with Crippen LogP contribution in [0.1, 0.15) is 0 Å². The SMILES string of the molecule is O=C1CN(c2ncc([N+](=O)[O-])s2)CCN1CC(F)(F)F. The van der Waals surface area contributed by atoms with Crippen LogP contribution in [0, 0.1) is 10.1 Å². The van der Waals surface area contributed by atoms with E-state index in [1.165, 1.54) is 4.90 Å². The van der Waals surface area contributed by atoms with Crippen molar-refractivity contribution >= 4 is 27.4 Å². The molecule has 7 nitrogen and oxygen atoms in total. The van der Waals surface area contributed by atoms with E-state index in [-0.39, 0.29) is 29.8 Å². The summed E-state index contributed by atoms with van der Waals surface area (Å²) in [6.07, 6.45) is -3.37. The van der Waals surface area contributed by atoms with Gasteiger partial charge in [0.25, 0.3) is 0 Å². The Morgan fingerprint density at radius 2 is 2.15 bits per heavy atom. The fraction of sp³-hybridized carbons (Fsp3) is 0.556. The Kier molecular flexibility index (Phi) is 3.79. The molecule has 1 aromatic rings. The second kappa shape index (κ2) is 5.23. The normalized spacial score (nSPS) is 16.6. The van der Waals surface area contributed by atoms with E-state index in [0.717, 1.165) is 22.4 Å². The van der Waals surface area contributed by atoms with Gasteiger partial charge < -0.3 is 9.80 Å². The number of halogens is 3. The van der Waals surface area contributed by atoms with Gasteiger partial charge in [0.05, 0.1) is 11.5 Å². The molecule has 0 N–H and O–H groups in total. The van der Waals surface area contributed by atoms with Gasteiger partial charge in [0.2, 0.25) is 5.91 Å². The first-order valence-electron chi connectivity index (χ1n) is 5.46. The Bertz CT molecular complexity index is 533. The van der Waals surface area contributed by atoms with Crippen LogP contribution in [-0.2, 0) is 4.79 Å². The van der Waals surface area contributed by atoms with Crippen LogP contribution in [0.3, 0.4) is 0 Å². The molecular weight excluding hydrogens is 301 g/mol. The number of alkyl halides is 3. The van der Waals surface area contributed by atoms with E-state index in [1.807, 2.05) is 0 Å². The molecule has 1 fully saturated rings. The van der Waals surface area contributed by atoms with Crippen LogP contribution >= 0.6 is 11.3 Å². The van der Waals surface area contributed by atoms with E-state index < -0.39 is 23.6 Å². The maximum absolute atomic E-state index is 12.2. The molecule has 11 heteroatoms. The molecule has 0 radical (unpaired) electrons. The first-order chi connectivity index (χ1) is 9.26. The number of aromatic nitrogens is 1. The van der Waals surface area contributed by atoms with Crippen molar-refractivity contribution in [3.05, 3.63) is 16.3 Å². The summed E-state index contributed by atoms with van der Waals surface area (Å²) < 4.78 is 36.7. The van der Waals surface area contributed by atoms with Crippen molar-refractivity contribution in [1.29, 1.82) is 0 Å². The molecule has 0 unspecified atom stereocenters. The highest BCUT2D eigenvalue weighted by molar-refractivity contribution is 7.18. The summed E-state index contributed by atoms with van der Waals surface area (Å²) in [6.45, 7) is -1.48. The van der Waals surface area contributed by atoms with E-state index in [4.69, 9.17) is 0 Å². The highest BCUT2D eigenvalue weighted by atomic mass is 32.1. The summed E-state index contributed by atoms with van der Waals surface area (Å²) >= 11 is 0.787. The number of hydrogen-bond donors (Lipinski definition) is 0. The zero-order valence-electron chi connectivity index (χ0n) is 9.96. The fourth-order valence-electron chi connectivity index (χ4n) is 1.74. The fourth-order valence-corrected chi connectivity index (χ4v) is 2.50. The number of carbonyl (C=O) groups is 1. The third-order valence-electron chi connectivity index (χ3n) is 2.62. The van der Waals surface area contributed by atoms with Gasteiger partial charge in [-0.05, 0) is 11.3 Å². The molecule has 1 aliphatic rings. The first kappa shape index (κ1) is 14.5. The summed E-state index contributed by atoms with van der Waals surface area (Å²) in [4.78, 5) is 27.5. The number of thiazole rings is 1. The van der Waals surface area contributed by atoms with Gasteiger partial charge in [-0.2, -0.15) is 13.2 Å². The molecule has 0 saturated carbocycles. The van der Waals surface area contributed by atoms with Gasteiger partial charge in [-0.25, -0.2) is 4.98 Å². The second-order valence-corrected chi connectivity index (χ2v) is 5.08. The lowest BCUT2D eigenvalue weighted by molar-refractivity contribution is -0.380. The summed E-state index contributed by atoms with van der Waals surface area (Å²) in [5, 5.41) is 10.6. The van der Waals surface area contributed by atoms with Crippen LogP contribution in [0.5, 0.6) is 0 Å². The van der Waals surface area contributed by atoms with Gasteiger partial charge >= 0.3 is 11.2 Å². The first-order valence-corrected chi connectivity index (χ1v) is 6.27. The predicted molar refractivity (Wildman–Crippen MR) is 63.6 cm³/mol. The molecule has 0 spiro atoms. The van der Waals surface area contributed by atoms with Crippen LogP contribution < -0.4 is 4.90 Å². The Morgan fingerprint density at radius 3 is 2.65 bits per heavy atom. The van der Waals surface area contributed by atoms with Gasteiger partial charge in [0.15, 0.2) is 5.13 Å². The van der Waals surface area contributed by atoms with Crippen molar-refractivity contribution < 1.29 is 22.9 Å². The van der Waals surface area contributed by atoms with Crippen molar-refractivity contribution in [1.82, 2.24) is 9.88 Å². The number of carbonyl (C=O) groups excluding carboxylic acids is 1. The average Bonchev–Trinajstić information content (AvgIpc) is 2.79. The zero-order valence-corrected chi connectivity index (χ0v) is 10.8. The quantitative estimate of drug-likeness (QED) is 0.620. The molecule has 0 aromatic carbocycles. The zero-order chi connectivity index (χ0) is 14.9. The molecule has 1 aliphatic heterocycles. The maximum atomic E-state index is 12.2. The summed E-state index contributed by atoms with van der Waals surface area (Å²) in [5.41, 5.74) is 0. The van der Waals surface area contributed by atoms with Crippen LogP contribution in [0.2, 0.25) is 0 Å². The van der Waals surface area contributed by atoms with Gasteiger partial charge in [-0.3, -0.25) is 14.9 Å². The van der Waals surface area contributed by atoms with E-state index >= 15 is 0 Å². The average molecular weight is 310 g/mol. The van der Waals surface area contributed by atoms with E-state index in [9.17, 15) is 28.1 Å². The number of hydrogen-bond acceptors (Lipinski definition) is 6. The Morgan fingerprint density at radius 1 is 1.45 bits per heavy atom. The van der Waals surface area contributed by atoms with Crippen molar-refractivity contribution in [2.24, 2.45) is 0 Å². The number of amides is 1. The Hall–Kier alpha value is -1.91. The number of nitro groups is 1. The lowest BCUT2D eigenvalue weighted by Gasteiger charge is -2.34. The standard InChI is InChI=1S/C9H9F3N4O3S/c10-9(11,12)5-15-2-1-14(4-6(15)17)8-13-3-7(20-8)16(18)19/h3H,1-2,4-5H2. The number of nitrogens with zero attached hydrogens (tertiary/aromatic N) is 4. The van der Waals surface area contributed by atoms with Gasteiger partial charge in [-0.15, -0.1) is 0 Å². The maximum Gasteiger partial charge on any atom is 0.406 e. The van der Waals surface area contributed by atoms with E-state index in [2.05, 4.69) is 4.98 Å². The van der Waals surface area contributed by atoms with Crippen LogP contribution in [0.15, 0.2) is 6.20 Å². The smallest absolute Gasteiger partial charge is 0.337 e. The van der Waals surface area contributed by atoms with Gasteiger partial charge in [0.1, 0.15) is 12.7 Å². The molecule has 1 saturated heterocycles. The molecule has 0 atom stereocenters. The lowest BCUT2D eigenvalue weighted by Crippen LogP contribution is -2.52. The largest absolute Gasteiger partial charge is 0.406 e. The molecule has 20 heavy (non-hydrogen) atoms. The third-order valence-corrected chi connectivity index (χ3v) is 3.63.